The number of nitrogens with zero attached hydrogens (tertiary/aromatic N) is 2. The molecule has 148 valence electrons. The van der Waals surface area contributed by atoms with E-state index in [9.17, 15) is 13.2 Å². The zero-order chi connectivity index (χ0) is 19.4. The van der Waals surface area contributed by atoms with Crippen LogP contribution in [0.15, 0.2) is 34.3 Å². The maximum absolute atomic E-state index is 12.8. The molecule has 1 aliphatic heterocycles. The van der Waals surface area contributed by atoms with Crippen LogP contribution in [0.2, 0.25) is 0 Å². The molecule has 1 saturated heterocycles. The Morgan fingerprint density at radius 2 is 1.85 bits per heavy atom. The minimum absolute atomic E-state index is 0.115. The molecule has 2 fully saturated rings. The SMILES string of the molecule is C[C@@H]1CCC[C@H](C)C1=NNC(=O)c1cccc(S(=O)(=O)N2CCOCC2)c1. The summed E-state index contributed by atoms with van der Waals surface area (Å²) in [5, 5.41) is 4.34. The lowest BCUT2D eigenvalue weighted by Gasteiger charge is -2.26. The van der Waals surface area contributed by atoms with E-state index in [0.29, 0.717) is 38.1 Å². The number of hydrogen-bond donors (Lipinski definition) is 1. The molecule has 2 aliphatic rings. The Morgan fingerprint density at radius 1 is 1.19 bits per heavy atom. The zero-order valence-electron chi connectivity index (χ0n) is 15.8. The molecular formula is C19H27N3O4S. The molecule has 8 heteroatoms. The molecule has 1 aromatic rings. The monoisotopic (exact) mass is 393 g/mol. The van der Waals surface area contributed by atoms with E-state index in [4.69, 9.17) is 4.74 Å². The standard InChI is InChI=1S/C19H27N3O4S/c1-14-5-3-6-15(2)18(14)20-21-19(23)16-7-4-8-17(13-16)27(24,25)22-9-11-26-12-10-22/h4,7-8,13-15H,3,5-6,9-12H2,1-2H3,(H,21,23)/t14-,15+. The van der Waals surface area contributed by atoms with Crippen molar-refractivity contribution in [2.75, 3.05) is 26.3 Å². The van der Waals surface area contributed by atoms with Gasteiger partial charge in [-0.25, -0.2) is 13.8 Å². The highest BCUT2D eigenvalue weighted by atomic mass is 32.2. The van der Waals surface area contributed by atoms with Crippen LogP contribution >= 0.6 is 0 Å². The van der Waals surface area contributed by atoms with Gasteiger partial charge in [-0.05, 0) is 42.9 Å². The summed E-state index contributed by atoms with van der Waals surface area (Å²) >= 11 is 0. The van der Waals surface area contributed by atoms with Crippen molar-refractivity contribution in [3.05, 3.63) is 29.8 Å². The van der Waals surface area contributed by atoms with E-state index >= 15 is 0 Å². The number of hydrogen-bond acceptors (Lipinski definition) is 5. The molecule has 0 radical (unpaired) electrons. The van der Waals surface area contributed by atoms with Crippen molar-refractivity contribution in [3.63, 3.8) is 0 Å². The highest BCUT2D eigenvalue weighted by Crippen LogP contribution is 2.26. The summed E-state index contributed by atoms with van der Waals surface area (Å²) in [6.07, 6.45) is 3.33. The molecule has 1 aromatic carbocycles. The molecule has 27 heavy (non-hydrogen) atoms. The molecule has 0 aromatic heterocycles. The fraction of sp³-hybridized carbons (Fsp3) is 0.579. The van der Waals surface area contributed by atoms with E-state index < -0.39 is 15.9 Å². The van der Waals surface area contributed by atoms with Crippen LogP contribution in [0.1, 0.15) is 43.5 Å². The summed E-state index contributed by atoms with van der Waals surface area (Å²) in [7, 11) is -3.63. The van der Waals surface area contributed by atoms with Gasteiger partial charge in [0, 0.05) is 24.4 Å². The molecule has 1 saturated carbocycles. The maximum Gasteiger partial charge on any atom is 0.271 e. The van der Waals surface area contributed by atoms with Crippen molar-refractivity contribution >= 4 is 21.6 Å². The lowest BCUT2D eigenvalue weighted by molar-refractivity contribution is 0.0730. The largest absolute Gasteiger partial charge is 0.379 e. The number of benzene rings is 1. The summed E-state index contributed by atoms with van der Waals surface area (Å²) in [6, 6.07) is 6.11. The number of morpholine rings is 1. The van der Waals surface area contributed by atoms with Gasteiger partial charge in [0.05, 0.1) is 18.1 Å². The predicted molar refractivity (Wildman–Crippen MR) is 103 cm³/mol. The Bertz CT molecular complexity index is 804. The van der Waals surface area contributed by atoms with E-state index in [1.54, 1.807) is 12.1 Å². The van der Waals surface area contributed by atoms with Crippen molar-refractivity contribution in [2.45, 2.75) is 38.0 Å². The second kappa shape index (κ2) is 8.50. The number of sulfonamides is 1. The van der Waals surface area contributed by atoms with E-state index in [1.807, 2.05) is 0 Å². The lowest BCUT2D eigenvalue weighted by Crippen LogP contribution is -2.40. The first kappa shape index (κ1) is 20.0. The number of carbonyl (C=O) groups excluding carboxylic acids is 1. The number of nitrogens with one attached hydrogen (secondary N) is 1. The molecule has 1 heterocycles. The molecular weight excluding hydrogens is 366 g/mol. The van der Waals surface area contributed by atoms with Crippen molar-refractivity contribution in [2.24, 2.45) is 16.9 Å². The number of ether oxygens (including phenoxy) is 1. The average molecular weight is 394 g/mol. The van der Waals surface area contributed by atoms with Gasteiger partial charge in [0.2, 0.25) is 10.0 Å². The van der Waals surface area contributed by atoms with Gasteiger partial charge in [0.25, 0.3) is 5.91 Å². The molecule has 0 unspecified atom stereocenters. The summed E-state index contributed by atoms with van der Waals surface area (Å²) in [4.78, 5) is 12.6. The number of carbonyl (C=O) groups is 1. The van der Waals surface area contributed by atoms with E-state index in [2.05, 4.69) is 24.4 Å². The van der Waals surface area contributed by atoms with Gasteiger partial charge < -0.3 is 4.74 Å². The van der Waals surface area contributed by atoms with Crippen LogP contribution in [0.25, 0.3) is 0 Å². The molecule has 7 nitrogen and oxygen atoms in total. The van der Waals surface area contributed by atoms with Crippen LogP contribution in [-0.4, -0.2) is 50.6 Å². The molecule has 3 rings (SSSR count). The minimum Gasteiger partial charge on any atom is -0.379 e. The third kappa shape index (κ3) is 4.56. The number of hydrazone groups is 1. The Balaban J connectivity index is 1.75. The van der Waals surface area contributed by atoms with Gasteiger partial charge in [-0.1, -0.05) is 26.3 Å². The molecule has 1 N–H and O–H groups in total. The maximum atomic E-state index is 12.8. The summed E-state index contributed by atoms with van der Waals surface area (Å²) < 4.78 is 32.1. The van der Waals surface area contributed by atoms with Crippen LogP contribution < -0.4 is 5.43 Å². The highest BCUT2D eigenvalue weighted by Gasteiger charge is 2.27. The van der Waals surface area contributed by atoms with Gasteiger partial charge in [-0.15, -0.1) is 0 Å². The summed E-state index contributed by atoms with van der Waals surface area (Å²) in [6.45, 7) is 5.65. The Morgan fingerprint density at radius 3 is 2.52 bits per heavy atom. The lowest BCUT2D eigenvalue weighted by atomic mass is 9.81. The molecule has 0 spiro atoms. The topological polar surface area (TPSA) is 88.1 Å². The Kier molecular flexibility index (Phi) is 6.29. The summed E-state index contributed by atoms with van der Waals surface area (Å²) in [5.41, 5.74) is 3.90. The van der Waals surface area contributed by atoms with E-state index in [0.717, 1.165) is 18.6 Å². The Hall–Kier alpha value is -1.77. The van der Waals surface area contributed by atoms with Crippen molar-refractivity contribution in [1.29, 1.82) is 0 Å². The first-order valence-corrected chi connectivity index (χ1v) is 10.9. The fourth-order valence-corrected chi connectivity index (χ4v) is 5.10. The highest BCUT2D eigenvalue weighted by molar-refractivity contribution is 7.89. The van der Waals surface area contributed by atoms with Crippen LogP contribution in [-0.2, 0) is 14.8 Å². The van der Waals surface area contributed by atoms with Gasteiger partial charge >= 0.3 is 0 Å². The first-order valence-electron chi connectivity index (χ1n) is 9.45. The van der Waals surface area contributed by atoms with Gasteiger partial charge in [0.15, 0.2) is 0 Å². The van der Waals surface area contributed by atoms with Gasteiger partial charge in [0.1, 0.15) is 0 Å². The number of amides is 1. The number of rotatable bonds is 4. The average Bonchev–Trinajstić information content (AvgIpc) is 2.68. The second-order valence-corrected chi connectivity index (χ2v) is 9.19. The van der Waals surface area contributed by atoms with E-state index in [1.165, 1.54) is 22.9 Å². The third-order valence-corrected chi connectivity index (χ3v) is 7.17. The predicted octanol–water partition coefficient (Wildman–Crippen LogP) is 2.25. The quantitative estimate of drug-likeness (QED) is 0.795. The van der Waals surface area contributed by atoms with Crippen LogP contribution in [0.4, 0.5) is 0 Å². The van der Waals surface area contributed by atoms with E-state index in [-0.39, 0.29) is 10.5 Å². The van der Waals surface area contributed by atoms with Gasteiger partial charge in [-0.2, -0.15) is 9.41 Å². The zero-order valence-corrected chi connectivity index (χ0v) is 16.7. The first-order chi connectivity index (χ1) is 12.9. The van der Waals surface area contributed by atoms with Crippen molar-refractivity contribution in [1.82, 2.24) is 9.73 Å². The Labute approximate surface area is 160 Å². The van der Waals surface area contributed by atoms with Crippen LogP contribution in [0.3, 0.4) is 0 Å². The minimum atomic E-state index is -3.63. The smallest absolute Gasteiger partial charge is 0.271 e. The molecule has 1 amide bonds. The molecule has 0 bridgehead atoms. The second-order valence-electron chi connectivity index (χ2n) is 7.25. The fourth-order valence-electron chi connectivity index (χ4n) is 3.65. The molecule has 1 aliphatic carbocycles. The molecule has 2 atom stereocenters. The van der Waals surface area contributed by atoms with Gasteiger partial charge in [-0.3, -0.25) is 4.79 Å². The van der Waals surface area contributed by atoms with Crippen molar-refractivity contribution in [3.8, 4) is 0 Å². The van der Waals surface area contributed by atoms with Crippen molar-refractivity contribution < 1.29 is 17.9 Å². The third-order valence-electron chi connectivity index (χ3n) is 5.27. The van der Waals surface area contributed by atoms with Crippen LogP contribution in [0.5, 0.6) is 0 Å². The normalized spacial score (nSPS) is 26.1. The summed E-state index contributed by atoms with van der Waals surface area (Å²) in [5.74, 6) is 0.302. The van der Waals surface area contributed by atoms with Crippen LogP contribution in [0, 0.1) is 11.8 Å².